The molecule has 0 aliphatic carbocycles. The first-order chi connectivity index (χ1) is 12.2. The van der Waals surface area contributed by atoms with Crippen molar-refractivity contribution in [2.45, 2.75) is 25.4 Å². The molecule has 3 N–H and O–H groups in total. The van der Waals surface area contributed by atoms with E-state index < -0.39 is 0 Å². The molecule has 4 rings (SSSR count). The van der Waals surface area contributed by atoms with Crippen LogP contribution in [0.5, 0.6) is 0 Å². The van der Waals surface area contributed by atoms with Crippen molar-refractivity contribution >= 4 is 33.0 Å². The van der Waals surface area contributed by atoms with Crippen LogP contribution in [0.25, 0.3) is 5.52 Å². The monoisotopic (exact) mass is 400 g/mol. The molecule has 0 amide bonds. The zero-order valence-electron chi connectivity index (χ0n) is 13.9. The first-order valence-corrected chi connectivity index (χ1v) is 9.30. The lowest BCUT2D eigenvalue weighted by molar-refractivity contribution is 0.206. The Labute approximate surface area is 155 Å². The molecule has 6 nitrogen and oxygen atoms in total. The molecule has 0 radical (unpaired) electrons. The number of aromatic nitrogens is 3. The van der Waals surface area contributed by atoms with Gasteiger partial charge < -0.3 is 11.1 Å². The molecule has 1 aliphatic rings. The summed E-state index contributed by atoms with van der Waals surface area (Å²) in [6.45, 7) is 2.98. The van der Waals surface area contributed by atoms with Crippen LogP contribution in [-0.2, 0) is 6.54 Å². The van der Waals surface area contributed by atoms with Crippen LogP contribution in [0.3, 0.4) is 0 Å². The van der Waals surface area contributed by atoms with E-state index in [0.29, 0.717) is 6.04 Å². The van der Waals surface area contributed by atoms with Gasteiger partial charge >= 0.3 is 0 Å². The fourth-order valence-corrected chi connectivity index (χ4v) is 3.69. The van der Waals surface area contributed by atoms with E-state index in [1.54, 1.807) is 6.33 Å². The van der Waals surface area contributed by atoms with Crippen LogP contribution in [0.1, 0.15) is 18.4 Å². The number of nitrogens with one attached hydrogen (secondary N) is 1. The molecule has 1 aromatic carbocycles. The van der Waals surface area contributed by atoms with Gasteiger partial charge in [0.05, 0.1) is 0 Å². The van der Waals surface area contributed by atoms with Gasteiger partial charge in [0.2, 0.25) is 0 Å². The van der Waals surface area contributed by atoms with Crippen molar-refractivity contribution in [3.63, 3.8) is 0 Å². The number of piperidine rings is 1. The van der Waals surface area contributed by atoms with Crippen molar-refractivity contribution < 1.29 is 0 Å². The van der Waals surface area contributed by atoms with E-state index in [-0.39, 0.29) is 0 Å². The minimum atomic E-state index is 0.346. The molecule has 130 valence electrons. The maximum absolute atomic E-state index is 6.02. The summed E-state index contributed by atoms with van der Waals surface area (Å²) in [6.07, 6.45) is 5.70. The summed E-state index contributed by atoms with van der Waals surface area (Å²) in [4.78, 5) is 6.93. The molecule has 0 bridgehead atoms. The maximum atomic E-state index is 6.02. The van der Waals surface area contributed by atoms with Crippen LogP contribution in [0.15, 0.2) is 47.3 Å². The predicted molar refractivity (Wildman–Crippen MR) is 103 cm³/mol. The minimum Gasteiger partial charge on any atom is -0.338 e. The molecular weight excluding hydrogens is 380 g/mol. The minimum absolute atomic E-state index is 0.346. The standard InChI is InChI=1S/C18H21BrN6/c19-14-2-1-3-16(10-14)23-18-17-13(4-9-25(17)22-12-21-18)11-24-7-5-15(20)6-8-24/h1-4,9-10,12,15H,5-8,11,20H2,(H,21,22,23). The molecular formula is C18H21BrN6. The van der Waals surface area contributed by atoms with Crippen molar-refractivity contribution in [3.8, 4) is 0 Å². The van der Waals surface area contributed by atoms with Gasteiger partial charge in [-0.25, -0.2) is 9.50 Å². The third-order valence-electron chi connectivity index (χ3n) is 4.65. The van der Waals surface area contributed by atoms with E-state index in [1.165, 1.54) is 5.56 Å². The van der Waals surface area contributed by atoms with Crippen molar-refractivity contribution in [2.24, 2.45) is 5.73 Å². The van der Waals surface area contributed by atoms with Crippen molar-refractivity contribution in [1.29, 1.82) is 0 Å². The molecule has 7 heteroatoms. The first kappa shape index (κ1) is 16.5. The lowest BCUT2D eigenvalue weighted by Gasteiger charge is -2.29. The maximum Gasteiger partial charge on any atom is 0.158 e. The number of nitrogens with two attached hydrogens (primary N) is 1. The number of hydrogen-bond donors (Lipinski definition) is 2. The van der Waals surface area contributed by atoms with Gasteiger partial charge in [0, 0.05) is 28.9 Å². The van der Waals surface area contributed by atoms with E-state index in [0.717, 1.165) is 54.0 Å². The zero-order valence-corrected chi connectivity index (χ0v) is 15.5. The summed E-state index contributed by atoms with van der Waals surface area (Å²) in [5.41, 5.74) is 9.27. The number of nitrogens with zero attached hydrogens (tertiary/aromatic N) is 4. The average molecular weight is 401 g/mol. The van der Waals surface area contributed by atoms with E-state index in [1.807, 2.05) is 35.0 Å². The molecule has 3 aromatic rings. The number of anilines is 2. The van der Waals surface area contributed by atoms with Crippen LogP contribution in [-0.4, -0.2) is 38.6 Å². The smallest absolute Gasteiger partial charge is 0.158 e. The van der Waals surface area contributed by atoms with E-state index in [2.05, 4.69) is 42.3 Å². The van der Waals surface area contributed by atoms with Crippen LogP contribution in [0, 0.1) is 0 Å². The Kier molecular flexibility index (Phi) is 4.70. The largest absolute Gasteiger partial charge is 0.338 e. The highest BCUT2D eigenvalue weighted by atomic mass is 79.9. The van der Waals surface area contributed by atoms with E-state index in [9.17, 15) is 0 Å². The topological polar surface area (TPSA) is 71.5 Å². The number of likely N-dealkylation sites (tertiary alicyclic amines) is 1. The van der Waals surface area contributed by atoms with Gasteiger partial charge in [-0.1, -0.05) is 22.0 Å². The highest BCUT2D eigenvalue weighted by molar-refractivity contribution is 9.10. The van der Waals surface area contributed by atoms with Gasteiger partial charge in [0.1, 0.15) is 11.8 Å². The SMILES string of the molecule is NC1CCN(Cc2ccn3ncnc(Nc4cccc(Br)c4)c23)CC1. The molecule has 0 spiro atoms. The van der Waals surface area contributed by atoms with Gasteiger partial charge in [-0.2, -0.15) is 5.10 Å². The van der Waals surface area contributed by atoms with Crippen molar-refractivity contribution in [2.75, 3.05) is 18.4 Å². The van der Waals surface area contributed by atoms with Gasteiger partial charge in [0.15, 0.2) is 5.82 Å². The Bertz CT molecular complexity index is 869. The molecule has 3 heterocycles. The highest BCUT2D eigenvalue weighted by Crippen LogP contribution is 2.26. The molecule has 25 heavy (non-hydrogen) atoms. The number of halogens is 1. The normalized spacial score (nSPS) is 16.4. The van der Waals surface area contributed by atoms with Gasteiger partial charge in [-0.15, -0.1) is 0 Å². The van der Waals surface area contributed by atoms with E-state index >= 15 is 0 Å². The number of fused-ring (bicyclic) bond motifs is 1. The number of rotatable bonds is 4. The quantitative estimate of drug-likeness (QED) is 0.703. The summed E-state index contributed by atoms with van der Waals surface area (Å²) in [5, 5.41) is 7.76. The molecule has 2 aromatic heterocycles. The Morgan fingerprint density at radius 3 is 2.88 bits per heavy atom. The summed E-state index contributed by atoms with van der Waals surface area (Å²) in [6, 6.07) is 10.5. The van der Waals surface area contributed by atoms with Crippen LogP contribution < -0.4 is 11.1 Å². The van der Waals surface area contributed by atoms with Crippen LogP contribution in [0.4, 0.5) is 11.5 Å². The number of benzene rings is 1. The Balaban J connectivity index is 1.62. The molecule has 0 atom stereocenters. The lowest BCUT2D eigenvalue weighted by atomic mass is 10.1. The lowest BCUT2D eigenvalue weighted by Crippen LogP contribution is -2.39. The molecule has 1 aliphatic heterocycles. The van der Waals surface area contributed by atoms with Crippen molar-refractivity contribution in [1.82, 2.24) is 19.5 Å². The van der Waals surface area contributed by atoms with Crippen molar-refractivity contribution in [3.05, 3.63) is 52.9 Å². The van der Waals surface area contributed by atoms with Gasteiger partial charge in [-0.05, 0) is 55.8 Å². The fourth-order valence-electron chi connectivity index (χ4n) is 3.29. The first-order valence-electron chi connectivity index (χ1n) is 8.51. The summed E-state index contributed by atoms with van der Waals surface area (Å²) in [5.74, 6) is 0.821. The molecule has 1 saturated heterocycles. The zero-order chi connectivity index (χ0) is 17.2. The number of hydrogen-bond acceptors (Lipinski definition) is 5. The second-order valence-corrected chi connectivity index (χ2v) is 7.41. The summed E-state index contributed by atoms with van der Waals surface area (Å²) < 4.78 is 2.92. The summed E-state index contributed by atoms with van der Waals surface area (Å²) >= 11 is 3.51. The third-order valence-corrected chi connectivity index (χ3v) is 5.14. The summed E-state index contributed by atoms with van der Waals surface area (Å²) in [7, 11) is 0. The third kappa shape index (κ3) is 3.68. The Hall–Kier alpha value is -1.96. The van der Waals surface area contributed by atoms with Crippen LogP contribution in [0.2, 0.25) is 0 Å². The van der Waals surface area contributed by atoms with E-state index in [4.69, 9.17) is 5.73 Å². The molecule has 0 saturated carbocycles. The fraction of sp³-hybridized carbons (Fsp3) is 0.333. The predicted octanol–water partition coefficient (Wildman–Crippen LogP) is 3.16. The second-order valence-electron chi connectivity index (χ2n) is 6.49. The van der Waals surface area contributed by atoms with Gasteiger partial charge in [-0.3, -0.25) is 4.90 Å². The van der Waals surface area contributed by atoms with Gasteiger partial charge in [0.25, 0.3) is 0 Å². The molecule has 0 unspecified atom stereocenters. The second kappa shape index (κ2) is 7.11. The Morgan fingerprint density at radius 2 is 2.08 bits per heavy atom. The molecule has 1 fully saturated rings. The Morgan fingerprint density at radius 1 is 1.24 bits per heavy atom. The average Bonchev–Trinajstić information content (AvgIpc) is 3.01. The van der Waals surface area contributed by atoms with Crippen LogP contribution >= 0.6 is 15.9 Å². The highest BCUT2D eigenvalue weighted by Gasteiger charge is 2.18.